The van der Waals surface area contributed by atoms with E-state index in [-0.39, 0.29) is 0 Å². The van der Waals surface area contributed by atoms with Crippen molar-refractivity contribution in [1.29, 1.82) is 0 Å². The van der Waals surface area contributed by atoms with E-state index in [1.54, 1.807) is 12.1 Å². The molecule has 2 aromatic rings. The fourth-order valence-electron chi connectivity index (χ4n) is 3.52. The predicted octanol–water partition coefficient (Wildman–Crippen LogP) is 6.07. The molecule has 0 spiro atoms. The van der Waals surface area contributed by atoms with Crippen LogP contribution in [0.5, 0.6) is 0 Å². The number of hydrogen-bond donors (Lipinski definition) is 1. The number of aldehydes is 1. The smallest absolute Gasteiger partial charge is 0.374 e. The SMILES string of the molecule is CC(C)(CC(O)(C(=O)CC(C)(C=O)c1ccc(Cl)cc1)C(F)(F)F)c1ccc(Cl)cc1. The minimum atomic E-state index is -5.24. The zero-order valence-electron chi connectivity index (χ0n) is 17.3. The predicted molar refractivity (Wildman–Crippen MR) is 115 cm³/mol. The fraction of sp³-hybridized carbons (Fsp3) is 0.391. The van der Waals surface area contributed by atoms with Gasteiger partial charge >= 0.3 is 6.18 Å². The summed E-state index contributed by atoms with van der Waals surface area (Å²) in [6, 6.07) is 12.0. The Morgan fingerprint density at radius 2 is 1.32 bits per heavy atom. The van der Waals surface area contributed by atoms with Crippen molar-refractivity contribution in [3.05, 3.63) is 69.7 Å². The molecule has 0 bridgehead atoms. The van der Waals surface area contributed by atoms with E-state index in [9.17, 15) is 27.9 Å². The van der Waals surface area contributed by atoms with Gasteiger partial charge in [-0.3, -0.25) is 4.79 Å². The van der Waals surface area contributed by atoms with Crippen molar-refractivity contribution in [3.8, 4) is 0 Å². The van der Waals surface area contributed by atoms with Gasteiger partial charge in [0.25, 0.3) is 0 Å². The number of hydrogen-bond acceptors (Lipinski definition) is 3. The van der Waals surface area contributed by atoms with Gasteiger partial charge in [-0.2, -0.15) is 13.2 Å². The van der Waals surface area contributed by atoms with Crippen molar-refractivity contribution in [2.45, 2.75) is 56.2 Å². The van der Waals surface area contributed by atoms with Crippen molar-refractivity contribution in [2.24, 2.45) is 0 Å². The third-order valence-corrected chi connectivity index (χ3v) is 6.05. The van der Waals surface area contributed by atoms with Crippen LogP contribution in [0.3, 0.4) is 0 Å². The molecule has 0 radical (unpaired) electrons. The Labute approximate surface area is 189 Å². The molecule has 0 heterocycles. The number of aliphatic hydroxyl groups is 1. The molecule has 0 aliphatic carbocycles. The van der Waals surface area contributed by atoms with Gasteiger partial charge in [0, 0.05) is 22.9 Å². The van der Waals surface area contributed by atoms with E-state index in [1.165, 1.54) is 57.2 Å². The molecule has 0 aliphatic heterocycles. The molecular formula is C23H23Cl2F3O3. The topological polar surface area (TPSA) is 54.4 Å². The Bertz CT molecular complexity index is 940. The molecule has 2 atom stereocenters. The van der Waals surface area contributed by atoms with Gasteiger partial charge in [0.1, 0.15) is 6.29 Å². The molecule has 2 aromatic carbocycles. The number of carbonyl (C=O) groups is 2. The quantitative estimate of drug-likeness (QED) is 0.472. The van der Waals surface area contributed by atoms with Crippen LogP contribution in [0.2, 0.25) is 10.0 Å². The van der Waals surface area contributed by atoms with Crippen molar-refractivity contribution in [1.82, 2.24) is 0 Å². The number of rotatable bonds is 8. The van der Waals surface area contributed by atoms with Crippen molar-refractivity contribution in [2.75, 3.05) is 0 Å². The maximum absolute atomic E-state index is 14.0. The Balaban J connectivity index is 2.42. The molecule has 0 fully saturated rings. The van der Waals surface area contributed by atoms with Crippen molar-refractivity contribution >= 4 is 35.3 Å². The van der Waals surface area contributed by atoms with E-state index in [1.807, 2.05) is 0 Å². The number of halogens is 5. The van der Waals surface area contributed by atoms with E-state index in [0.29, 0.717) is 27.5 Å². The lowest BCUT2D eigenvalue weighted by Gasteiger charge is -2.38. The minimum absolute atomic E-state index is 0.321. The summed E-state index contributed by atoms with van der Waals surface area (Å²) in [6.07, 6.45) is -6.57. The summed E-state index contributed by atoms with van der Waals surface area (Å²) in [5, 5.41) is 11.5. The monoisotopic (exact) mass is 474 g/mol. The second-order valence-electron chi connectivity index (χ2n) is 8.57. The third kappa shape index (κ3) is 5.48. The van der Waals surface area contributed by atoms with Gasteiger partial charge in [-0.05, 0) is 47.7 Å². The van der Waals surface area contributed by atoms with Gasteiger partial charge in [-0.1, -0.05) is 61.3 Å². The van der Waals surface area contributed by atoms with Gasteiger partial charge < -0.3 is 9.90 Å². The van der Waals surface area contributed by atoms with Crippen LogP contribution in [0.15, 0.2) is 48.5 Å². The van der Waals surface area contributed by atoms with Gasteiger partial charge in [0.2, 0.25) is 5.60 Å². The van der Waals surface area contributed by atoms with Crippen LogP contribution in [0.25, 0.3) is 0 Å². The third-order valence-electron chi connectivity index (χ3n) is 5.55. The average Bonchev–Trinajstić information content (AvgIpc) is 2.67. The summed E-state index contributed by atoms with van der Waals surface area (Å²) in [5.74, 6) is -1.48. The Morgan fingerprint density at radius 1 is 0.903 bits per heavy atom. The zero-order chi connectivity index (χ0) is 23.7. The van der Waals surface area contributed by atoms with E-state index >= 15 is 0 Å². The van der Waals surface area contributed by atoms with Crippen LogP contribution < -0.4 is 0 Å². The number of Topliss-reactive ketones (excluding diaryl/α,β-unsaturated/α-hetero) is 1. The molecule has 0 saturated heterocycles. The summed E-state index contributed by atoms with van der Waals surface area (Å²) in [7, 11) is 0. The van der Waals surface area contributed by atoms with Gasteiger partial charge in [0.15, 0.2) is 5.78 Å². The van der Waals surface area contributed by atoms with Crippen LogP contribution in [-0.4, -0.2) is 29.0 Å². The van der Waals surface area contributed by atoms with E-state index in [0.717, 1.165) is 0 Å². The van der Waals surface area contributed by atoms with Gasteiger partial charge in [0.05, 0.1) is 5.41 Å². The van der Waals surface area contributed by atoms with Crippen LogP contribution in [0, 0.1) is 0 Å². The molecular weight excluding hydrogens is 452 g/mol. The Morgan fingerprint density at radius 3 is 1.71 bits per heavy atom. The van der Waals surface area contributed by atoms with Gasteiger partial charge in [-0.25, -0.2) is 0 Å². The molecule has 1 N–H and O–H groups in total. The van der Waals surface area contributed by atoms with E-state index < -0.39 is 41.2 Å². The summed E-state index contributed by atoms with van der Waals surface area (Å²) >= 11 is 11.7. The Kier molecular flexibility index (Phi) is 7.31. The molecule has 0 aromatic heterocycles. The molecule has 31 heavy (non-hydrogen) atoms. The molecule has 0 saturated carbocycles. The van der Waals surface area contributed by atoms with Crippen molar-refractivity contribution < 1.29 is 27.9 Å². The van der Waals surface area contributed by atoms with Crippen LogP contribution in [0.4, 0.5) is 13.2 Å². The molecule has 168 valence electrons. The lowest BCUT2D eigenvalue weighted by molar-refractivity contribution is -0.256. The molecule has 2 rings (SSSR count). The lowest BCUT2D eigenvalue weighted by Crippen LogP contribution is -2.56. The molecule has 0 aliphatic rings. The van der Waals surface area contributed by atoms with Crippen molar-refractivity contribution in [3.63, 3.8) is 0 Å². The summed E-state index contributed by atoms with van der Waals surface area (Å²) in [5.41, 5.74) is -5.63. The first kappa shape index (κ1) is 25.4. The van der Waals surface area contributed by atoms with Crippen LogP contribution >= 0.6 is 23.2 Å². The Hall–Kier alpha value is -1.89. The lowest BCUT2D eigenvalue weighted by atomic mass is 9.70. The highest BCUT2D eigenvalue weighted by molar-refractivity contribution is 6.30. The largest absolute Gasteiger partial charge is 0.424 e. The summed E-state index contributed by atoms with van der Waals surface area (Å²) in [4.78, 5) is 24.7. The van der Waals surface area contributed by atoms with Crippen LogP contribution in [-0.2, 0) is 20.4 Å². The maximum atomic E-state index is 14.0. The molecule has 2 unspecified atom stereocenters. The maximum Gasteiger partial charge on any atom is 0.424 e. The second kappa shape index (κ2) is 8.93. The highest BCUT2D eigenvalue weighted by atomic mass is 35.5. The van der Waals surface area contributed by atoms with Crippen LogP contribution in [0.1, 0.15) is 44.7 Å². The highest BCUT2D eigenvalue weighted by Gasteiger charge is 2.61. The first-order chi connectivity index (χ1) is 14.1. The average molecular weight is 475 g/mol. The minimum Gasteiger partial charge on any atom is -0.374 e. The molecule has 3 nitrogen and oxygen atoms in total. The standard InChI is InChI=1S/C23H23Cl2F3O3/c1-20(2,15-4-8-17(24)9-5-15)13-22(31,23(26,27)28)19(30)12-21(3,14-29)16-6-10-18(25)11-7-16/h4-11,14,31H,12-13H2,1-3H3. The number of alkyl halides is 3. The number of ketones is 1. The summed E-state index contributed by atoms with van der Waals surface area (Å²) in [6.45, 7) is 4.35. The number of carbonyl (C=O) groups excluding carboxylic acids is 2. The van der Waals surface area contributed by atoms with E-state index in [4.69, 9.17) is 23.2 Å². The van der Waals surface area contributed by atoms with Gasteiger partial charge in [-0.15, -0.1) is 0 Å². The molecule has 0 amide bonds. The zero-order valence-corrected chi connectivity index (χ0v) is 18.8. The first-order valence-corrected chi connectivity index (χ1v) is 10.2. The summed E-state index contributed by atoms with van der Waals surface area (Å²) < 4.78 is 42.0. The van der Waals surface area contributed by atoms with E-state index in [2.05, 4.69) is 0 Å². The number of benzene rings is 2. The highest BCUT2D eigenvalue weighted by Crippen LogP contribution is 2.44. The normalized spacial score (nSPS) is 16.3. The second-order valence-corrected chi connectivity index (χ2v) is 9.44. The first-order valence-electron chi connectivity index (χ1n) is 9.45. The molecule has 8 heteroatoms. The fourth-order valence-corrected chi connectivity index (χ4v) is 3.77.